The van der Waals surface area contributed by atoms with Crippen molar-refractivity contribution in [2.75, 3.05) is 0 Å². The Labute approximate surface area is 140 Å². The molecule has 7 heteroatoms. The number of halogens is 1. The van der Waals surface area contributed by atoms with Crippen molar-refractivity contribution in [2.24, 2.45) is 0 Å². The molecule has 0 saturated heterocycles. The minimum Gasteiger partial charge on any atom is -0.456 e. The van der Waals surface area contributed by atoms with Gasteiger partial charge >= 0.3 is 5.97 Å². The van der Waals surface area contributed by atoms with E-state index in [2.05, 4.69) is 4.98 Å². The number of carbonyl (C=O) groups excluding carboxylic acids is 1. The van der Waals surface area contributed by atoms with E-state index in [9.17, 15) is 9.59 Å². The van der Waals surface area contributed by atoms with Crippen molar-refractivity contribution < 1.29 is 9.53 Å². The normalized spacial score (nSPS) is 11.2. The fourth-order valence-corrected chi connectivity index (χ4v) is 2.76. The van der Waals surface area contributed by atoms with Gasteiger partial charge in [0.05, 0.1) is 5.69 Å². The molecule has 2 aromatic heterocycles. The van der Waals surface area contributed by atoms with Crippen LogP contribution in [0.5, 0.6) is 0 Å². The van der Waals surface area contributed by atoms with E-state index >= 15 is 0 Å². The van der Waals surface area contributed by atoms with Gasteiger partial charge in [0.2, 0.25) is 0 Å². The van der Waals surface area contributed by atoms with Crippen LogP contribution < -0.4 is 5.56 Å². The van der Waals surface area contributed by atoms with Crippen molar-refractivity contribution in [3.8, 4) is 0 Å². The van der Waals surface area contributed by atoms with Crippen LogP contribution in [-0.4, -0.2) is 15.4 Å². The summed E-state index contributed by atoms with van der Waals surface area (Å²) in [4.78, 5) is 28.4. The van der Waals surface area contributed by atoms with Crippen molar-refractivity contribution in [2.45, 2.75) is 6.61 Å². The van der Waals surface area contributed by atoms with E-state index in [1.54, 1.807) is 41.9 Å². The Morgan fingerprint density at radius 2 is 2.13 bits per heavy atom. The number of aromatic nitrogens is 2. The van der Waals surface area contributed by atoms with Crippen molar-refractivity contribution in [3.63, 3.8) is 0 Å². The molecule has 23 heavy (non-hydrogen) atoms. The van der Waals surface area contributed by atoms with E-state index in [4.69, 9.17) is 16.3 Å². The molecule has 0 unspecified atom stereocenters. The smallest absolute Gasteiger partial charge is 0.331 e. The molecular weight excluding hydrogens is 336 g/mol. The topological polar surface area (TPSA) is 60.7 Å². The zero-order chi connectivity index (χ0) is 16.2. The highest BCUT2D eigenvalue weighted by atomic mass is 35.5. The molecule has 0 N–H and O–H groups in total. The Hall–Kier alpha value is -2.44. The van der Waals surface area contributed by atoms with Gasteiger partial charge < -0.3 is 4.74 Å². The summed E-state index contributed by atoms with van der Waals surface area (Å²) in [5.74, 6) is -0.506. The largest absolute Gasteiger partial charge is 0.456 e. The number of rotatable bonds is 4. The minimum atomic E-state index is -0.506. The second-order valence-corrected chi connectivity index (χ2v) is 5.94. The van der Waals surface area contributed by atoms with E-state index in [0.717, 1.165) is 5.56 Å². The Balaban J connectivity index is 1.63. The van der Waals surface area contributed by atoms with Crippen molar-refractivity contribution >= 4 is 39.9 Å². The maximum Gasteiger partial charge on any atom is 0.331 e. The molecule has 0 fully saturated rings. The standard InChI is InChI=1S/C16H11ClN2O3S/c17-12-4-1-11(2-5-12)3-6-15(21)22-10-13-9-14(20)19-7-8-23-16(19)18-13/h1-9H,10H2/b6-3+. The van der Waals surface area contributed by atoms with Crippen LogP contribution in [0.2, 0.25) is 5.02 Å². The predicted molar refractivity (Wildman–Crippen MR) is 89.6 cm³/mol. The zero-order valence-electron chi connectivity index (χ0n) is 11.8. The fraction of sp³-hybridized carbons (Fsp3) is 0.0625. The van der Waals surface area contributed by atoms with E-state index in [1.807, 2.05) is 0 Å². The third kappa shape index (κ3) is 3.85. The summed E-state index contributed by atoms with van der Waals surface area (Å²) in [5.41, 5.74) is 1.06. The molecular formula is C16H11ClN2O3S. The summed E-state index contributed by atoms with van der Waals surface area (Å²) in [7, 11) is 0. The molecule has 0 saturated carbocycles. The zero-order valence-corrected chi connectivity index (χ0v) is 13.4. The van der Waals surface area contributed by atoms with Crippen LogP contribution in [0.15, 0.2) is 52.8 Å². The highest BCUT2D eigenvalue weighted by Gasteiger charge is 2.05. The number of nitrogens with zero attached hydrogens (tertiary/aromatic N) is 2. The third-order valence-electron chi connectivity index (χ3n) is 3.00. The fourth-order valence-electron chi connectivity index (χ4n) is 1.89. The Bertz CT molecular complexity index is 928. The van der Waals surface area contributed by atoms with Crippen LogP contribution in [0.3, 0.4) is 0 Å². The minimum absolute atomic E-state index is 0.0482. The number of hydrogen-bond donors (Lipinski definition) is 0. The van der Waals surface area contributed by atoms with E-state index in [-0.39, 0.29) is 12.2 Å². The third-order valence-corrected chi connectivity index (χ3v) is 4.01. The van der Waals surface area contributed by atoms with Crippen LogP contribution in [0.4, 0.5) is 0 Å². The molecule has 0 radical (unpaired) electrons. The second kappa shape index (κ2) is 6.76. The van der Waals surface area contributed by atoms with E-state index in [1.165, 1.54) is 27.9 Å². The van der Waals surface area contributed by atoms with Gasteiger partial charge in [0.25, 0.3) is 5.56 Å². The summed E-state index contributed by atoms with van der Waals surface area (Å²) >= 11 is 7.13. The van der Waals surface area contributed by atoms with Crippen LogP contribution >= 0.6 is 22.9 Å². The lowest BCUT2D eigenvalue weighted by Crippen LogP contribution is -2.14. The van der Waals surface area contributed by atoms with Gasteiger partial charge in [0.1, 0.15) is 6.61 Å². The Morgan fingerprint density at radius 1 is 1.35 bits per heavy atom. The summed E-state index contributed by atoms with van der Waals surface area (Å²) in [6, 6.07) is 8.41. The molecule has 0 aliphatic rings. The Morgan fingerprint density at radius 3 is 2.91 bits per heavy atom. The molecule has 116 valence electrons. The molecule has 5 nitrogen and oxygen atoms in total. The Kier molecular flexibility index (Phi) is 4.55. The first-order chi connectivity index (χ1) is 11.1. The first-order valence-electron chi connectivity index (χ1n) is 6.68. The number of esters is 1. The van der Waals surface area contributed by atoms with Crippen molar-refractivity contribution in [3.05, 3.63) is 74.6 Å². The van der Waals surface area contributed by atoms with Gasteiger partial charge in [-0.05, 0) is 23.8 Å². The van der Waals surface area contributed by atoms with E-state index in [0.29, 0.717) is 15.7 Å². The molecule has 0 spiro atoms. The molecule has 0 aliphatic heterocycles. The molecule has 0 amide bonds. The summed E-state index contributed by atoms with van der Waals surface area (Å²) in [5, 5.41) is 2.40. The van der Waals surface area contributed by atoms with Crippen molar-refractivity contribution in [1.29, 1.82) is 0 Å². The molecule has 3 aromatic rings. The predicted octanol–water partition coefficient (Wildman–Crippen LogP) is 3.17. The number of ether oxygens (including phenoxy) is 1. The second-order valence-electron chi connectivity index (χ2n) is 4.63. The maximum atomic E-state index is 11.8. The average molecular weight is 347 g/mol. The maximum absolute atomic E-state index is 11.8. The van der Waals surface area contributed by atoms with Gasteiger partial charge in [0.15, 0.2) is 4.96 Å². The highest BCUT2D eigenvalue weighted by molar-refractivity contribution is 7.15. The summed E-state index contributed by atoms with van der Waals surface area (Å²) in [6.07, 6.45) is 4.60. The van der Waals surface area contributed by atoms with E-state index < -0.39 is 5.97 Å². The number of hydrogen-bond acceptors (Lipinski definition) is 5. The lowest BCUT2D eigenvalue weighted by Gasteiger charge is -2.02. The monoisotopic (exact) mass is 346 g/mol. The van der Waals surface area contributed by atoms with Gasteiger partial charge in [-0.2, -0.15) is 0 Å². The number of benzene rings is 1. The first kappa shape index (κ1) is 15.5. The van der Waals surface area contributed by atoms with Crippen LogP contribution in [-0.2, 0) is 16.1 Å². The molecule has 0 atom stereocenters. The highest BCUT2D eigenvalue weighted by Crippen LogP contribution is 2.11. The van der Waals surface area contributed by atoms with Gasteiger partial charge in [0, 0.05) is 28.7 Å². The molecule has 1 aromatic carbocycles. The van der Waals surface area contributed by atoms with Gasteiger partial charge in [-0.25, -0.2) is 9.78 Å². The summed E-state index contributed by atoms with van der Waals surface area (Å²) in [6.45, 7) is -0.0482. The number of fused-ring (bicyclic) bond motifs is 1. The average Bonchev–Trinajstić information content (AvgIpc) is 3.01. The SMILES string of the molecule is O=C(/C=C/c1ccc(Cl)cc1)OCc1cc(=O)n2ccsc2n1. The van der Waals surface area contributed by atoms with Gasteiger partial charge in [-0.3, -0.25) is 9.20 Å². The number of carbonyl (C=O) groups is 1. The van der Waals surface area contributed by atoms with Crippen molar-refractivity contribution in [1.82, 2.24) is 9.38 Å². The molecule has 0 aliphatic carbocycles. The molecule has 0 bridgehead atoms. The van der Waals surface area contributed by atoms with Crippen LogP contribution in [0.25, 0.3) is 11.0 Å². The van der Waals surface area contributed by atoms with Crippen LogP contribution in [0.1, 0.15) is 11.3 Å². The van der Waals surface area contributed by atoms with Gasteiger partial charge in [-0.1, -0.05) is 23.7 Å². The van der Waals surface area contributed by atoms with Crippen LogP contribution in [0, 0.1) is 0 Å². The summed E-state index contributed by atoms with van der Waals surface area (Å²) < 4.78 is 6.54. The molecule has 2 heterocycles. The first-order valence-corrected chi connectivity index (χ1v) is 7.94. The number of thiazole rings is 1. The lowest BCUT2D eigenvalue weighted by atomic mass is 10.2. The van der Waals surface area contributed by atoms with Gasteiger partial charge in [-0.15, -0.1) is 11.3 Å². The lowest BCUT2D eigenvalue weighted by molar-refractivity contribution is -0.139. The molecule has 3 rings (SSSR count). The quantitative estimate of drug-likeness (QED) is 0.538.